The molecular formula is C13H18N2O2. The lowest BCUT2D eigenvalue weighted by molar-refractivity contribution is -0.114. The smallest absolute Gasteiger partial charge is 0.221 e. The number of benzene rings is 1. The molecule has 0 aliphatic carbocycles. The first kappa shape index (κ1) is 12.1. The molecule has 1 aliphatic rings. The van der Waals surface area contributed by atoms with Crippen LogP contribution in [0.15, 0.2) is 24.3 Å². The minimum atomic E-state index is -0.829. The number of para-hydroxylation sites is 1. The van der Waals surface area contributed by atoms with Crippen LogP contribution in [0.5, 0.6) is 0 Å². The summed E-state index contributed by atoms with van der Waals surface area (Å²) in [7, 11) is 0. The van der Waals surface area contributed by atoms with E-state index in [4.69, 9.17) is 0 Å². The number of rotatable bonds is 2. The summed E-state index contributed by atoms with van der Waals surface area (Å²) in [5, 5.41) is 16.6. The number of piperidine rings is 1. The lowest BCUT2D eigenvalue weighted by Crippen LogP contribution is -2.40. The van der Waals surface area contributed by atoms with Crippen LogP contribution in [0, 0.1) is 0 Å². The first-order valence-corrected chi connectivity index (χ1v) is 5.92. The number of carbonyl (C=O) groups excluding carboxylic acids is 1. The molecule has 0 atom stereocenters. The Labute approximate surface area is 101 Å². The van der Waals surface area contributed by atoms with E-state index in [-0.39, 0.29) is 5.91 Å². The van der Waals surface area contributed by atoms with E-state index in [1.807, 2.05) is 24.3 Å². The van der Waals surface area contributed by atoms with Crippen molar-refractivity contribution in [3.05, 3.63) is 29.8 Å². The third-order valence-corrected chi connectivity index (χ3v) is 3.17. The van der Waals surface area contributed by atoms with E-state index in [9.17, 15) is 9.90 Å². The molecule has 1 saturated heterocycles. The molecule has 1 aromatic rings. The van der Waals surface area contributed by atoms with E-state index in [0.29, 0.717) is 18.5 Å². The van der Waals surface area contributed by atoms with E-state index in [1.54, 1.807) is 0 Å². The van der Waals surface area contributed by atoms with E-state index in [0.717, 1.165) is 18.7 Å². The minimum absolute atomic E-state index is 0.116. The monoisotopic (exact) mass is 234 g/mol. The molecule has 0 radical (unpaired) electrons. The Kier molecular flexibility index (Phi) is 3.45. The van der Waals surface area contributed by atoms with Gasteiger partial charge in [0.1, 0.15) is 0 Å². The largest absolute Gasteiger partial charge is 0.385 e. The minimum Gasteiger partial charge on any atom is -0.385 e. The predicted molar refractivity (Wildman–Crippen MR) is 66.7 cm³/mol. The number of nitrogens with one attached hydrogen (secondary N) is 2. The van der Waals surface area contributed by atoms with Gasteiger partial charge in [-0.25, -0.2) is 0 Å². The molecule has 0 saturated carbocycles. The lowest BCUT2D eigenvalue weighted by atomic mass is 9.84. The summed E-state index contributed by atoms with van der Waals surface area (Å²) in [5.74, 6) is -0.116. The van der Waals surface area contributed by atoms with Crippen molar-refractivity contribution in [2.24, 2.45) is 0 Å². The second-order valence-electron chi connectivity index (χ2n) is 4.51. The summed E-state index contributed by atoms with van der Waals surface area (Å²) in [6, 6.07) is 7.47. The standard InChI is InChI=1S/C13H18N2O2/c1-10(16)15-12-5-3-2-4-11(12)13(17)6-8-14-9-7-13/h2-5,14,17H,6-9H2,1H3,(H,15,16). The molecule has 4 nitrogen and oxygen atoms in total. The molecule has 2 rings (SSSR count). The number of hydrogen-bond donors (Lipinski definition) is 3. The fourth-order valence-corrected chi connectivity index (χ4v) is 2.30. The summed E-state index contributed by atoms with van der Waals surface area (Å²) < 4.78 is 0. The van der Waals surface area contributed by atoms with Crippen molar-refractivity contribution < 1.29 is 9.90 Å². The van der Waals surface area contributed by atoms with Crippen LogP contribution < -0.4 is 10.6 Å². The van der Waals surface area contributed by atoms with Gasteiger partial charge in [0.15, 0.2) is 0 Å². The predicted octanol–water partition coefficient (Wildman–Crippen LogP) is 1.22. The SMILES string of the molecule is CC(=O)Nc1ccccc1C1(O)CCNCC1. The molecule has 0 unspecified atom stereocenters. The van der Waals surface area contributed by atoms with Crippen molar-refractivity contribution in [2.75, 3.05) is 18.4 Å². The maximum Gasteiger partial charge on any atom is 0.221 e. The van der Waals surface area contributed by atoms with Gasteiger partial charge in [0.05, 0.1) is 5.60 Å². The van der Waals surface area contributed by atoms with Crippen LogP contribution >= 0.6 is 0 Å². The quantitative estimate of drug-likeness (QED) is 0.721. The van der Waals surface area contributed by atoms with Crippen molar-refractivity contribution in [3.8, 4) is 0 Å². The van der Waals surface area contributed by atoms with Gasteiger partial charge in [-0.1, -0.05) is 18.2 Å². The molecule has 3 N–H and O–H groups in total. The van der Waals surface area contributed by atoms with Crippen molar-refractivity contribution >= 4 is 11.6 Å². The molecule has 1 aliphatic heterocycles. The molecule has 0 aromatic heterocycles. The maximum atomic E-state index is 11.1. The van der Waals surface area contributed by atoms with Crippen molar-refractivity contribution in [1.29, 1.82) is 0 Å². The zero-order valence-corrected chi connectivity index (χ0v) is 9.99. The van der Waals surface area contributed by atoms with E-state index >= 15 is 0 Å². The van der Waals surface area contributed by atoms with Crippen molar-refractivity contribution in [3.63, 3.8) is 0 Å². The molecule has 4 heteroatoms. The van der Waals surface area contributed by atoms with Gasteiger partial charge >= 0.3 is 0 Å². The van der Waals surface area contributed by atoms with Crippen molar-refractivity contribution in [2.45, 2.75) is 25.4 Å². The molecule has 0 spiro atoms. The zero-order chi connectivity index (χ0) is 12.3. The molecular weight excluding hydrogens is 216 g/mol. The highest BCUT2D eigenvalue weighted by Crippen LogP contribution is 2.35. The highest BCUT2D eigenvalue weighted by Gasteiger charge is 2.33. The van der Waals surface area contributed by atoms with Gasteiger partial charge in [0, 0.05) is 18.2 Å². The van der Waals surface area contributed by atoms with Crippen LogP contribution in [0.3, 0.4) is 0 Å². The topological polar surface area (TPSA) is 61.4 Å². The van der Waals surface area contributed by atoms with Gasteiger partial charge in [-0.15, -0.1) is 0 Å². The Morgan fingerprint density at radius 3 is 2.65 bits per heavy atom. The number of anilines is 1. The van der Waals surface area contributed by atoms with Crippen LogP contribution in [0.1, 0.15) is 25.3 Å². The van der Waals surface area contributed by atoms with Crippen LogP contribution in [0.2, 0.25) is 0 Å². The third-order valence-electron chi connectivity index (χ3n) is 3.17. The maximum absolute atomic E-state index is 11.1. The van der Waals surface area contributed by atoms with Gasteiger partial charge < -0.3 is 15.7 Å². The summed E-state index contributed by atoms with van der Waals surface area (Å²) in [5.41, 5.74) is 0.700. The molecule has 0 bridgehead atoms. The lowest BCUT2D eigenvalue weighted by Gasteiger charge is -2.34. The zero-order valence-electron chi connectivity index (χ0n) is 9.99. The third kappa shape index (κ3) is 2.65. The van der Waals surface area contributed by atoms with Crippen molar-refractivity contribution in [1.82, 2.24) is 5.32 Å². The summed E-state index contributed by atoms with van der Waals surface area (Å²) >= 11 is 0. The highest BCUT2D eigenvalue weighted by atomic mass is 16.3. The molecule has 1 amide bonds. The second kappa shape index (κ2) is 4.85. The molecule has 1 heterocycles. The van der Waals surface area contributed by atoms with Gasteiger partial charge in [0.2, 0.25) is 5.91 Å². The molecule has 17 heavy (non-hydrogen) atoms. The van der Waals surface area contributed by atoms with Gasteiger partial charge in [-0.05, 0) is 32.0 Å². The fourth-order valence-electron chi connectivity index (χ4n) is 2.30. The normalized spacial score (nSPS) is 18.7. The van der Waals surface area contributed by atoms with Crippen LogP contribution in [-0.4, -0.2) is 24.1 Å². The first-order valence-electron chi connectivity index (χ1n) is 5.92. The van der Waals surface area contributed by atoms with E-state index in [2.05, 4.69) is 10.6 Å². The van der Waals surface area contributed by atoms with E-state index < -0.39 is 5.60 Å². The Balaban J connectivity index is 2.32. The van der Waals surface area contributed by atoms with Gasteiger partial charge in [0.25, 0.3) is 0 Å². The number of carbonyl (C=O) groups is 1. The Morgan fingerprint density at radius 1 is 1.35 bits per heavy atom. The second-order valence-corrected chi connectivity index (χ2v) is 4.51. The molecule has 1 aromatic carbocycles. The first-order chi connectivity index (χ1) is 8.12. The Bertz CT molecular complexity index is 412. The van der Waals surface area contributed by atoms with Crippen LogP contribution in [0.4, 0.5) is 5.69 Å². The highest BCUT2D eigenvalue weighted by molar-refractivity contribution is 5.89. The fraction of sp³-hybridized carbons (Fsp3) is 0.462. The number of amides is 1. The van der Waals surface area contributed by atoms with Crippen LogP contribution in [0.25, 0.3) is 0 Å². The summed E-state index contributed by atoms with van der Waals surface area (Å²) in [6.45, 7) is 3.07. The summed E-state index contributed by atoms with van der Waals surface area (Å²) in [6.07, 6.45) is 1.34. The number of hydrogen-bond acceptors (Lipinski definition) is 3. The Hall–Kier alpha value is -1.39. The average molecular weight is 234 g/mol. The van der Waals surface area contributed by atoms with Crippen LogP contribution in [-0.2, 0) is 10.4 Å². The summed E-state index contributed by atoms with van der Waals surface area (Å²) in [4.78, 5) is 11.1. The Morgan fingerprint density at radius 2 is 2.00 bits per heavy atom. The molecule has 92 valence electrons. The number of aliphatic hydroxyl groups is 1. The van der Waals surface area contributed by atoms with Gasteiger partial charge in [-0.3, -0.25) is 4.79 Å². The van der Waals surface area contributed by atoms with Gasteiger partial charge in [-0.2, -0.15) is 0 Å². The average Bonchev–Trinajstić information content (AvgIpc) is 2.30. The van der Waals surface area contributed by atoms with E-state index in [1.165, 1.54) is 6.92 Å². The molecule has 1 fully saturated rings.